The molecule has 1 fully saturated rings. The van der Waals surface area contributed by atoms with Crippen LogP contribution < -0.4 is 0 Å². The first-order valence-electron chi connectivity index (χ1n) is 6.53. The molecule has 0 saturated carbocycles. The third kappa shape index (κ3) is 3.05. The first-order valence-corrected chi connectivity index (χ1v) is 6.53. The summed E-state index contributed by atoms with van der Waals surface area (Å²) in [7, 11) is 2.88. The Morgan fingerprint density at radius 2 is 2.05 bits per heavy atom. The van der Waals surface area contributed by atoms with Crippen LogP contribution in [-0.2, 0) is 18.9 Å². The van der Waals surface area contributed by atoms with Gasteiger partial charge in [-0.3, -0.25) is 0 Å². The summed E-state index contributed by atoms with van der Waals surface area (Å²) >= 11 is 0. The van der Waals surface area contributed by atoms with Gasteiger partial charge in [-0.2, -0.15) is 5.26 Å². The number of hydrogen-bond donors (Lipinski definition) is 0. The molecule has 1 aliphatic heterocycles. The van der Waals surface area contributed by atoms with Crippen molar-refractivity contribution in [2.24, 2.45) is 0 Å². The number of nitriles is 1. The molecule has 0 aliphatic carbocycles. The maximum absolute atomic E-state index is 12.2. The first-order chi connectivity index (χ1) is 10.2. The van der Waals surface area contributed by atoms with Gasteiger partial charge >= 0.3 is 5.97 Å². The topological polar surface area (TPSA) is 77.8 Å². The van der Waals surface area contributed by atoms with Crippen molar-refractivity contribution in [3.05, 3.63) is 35.9 Å². The fourth-order valence-electron chi connectivity index (χ4n) is 2.31. The predicted molar refractivity (Wildman–Crippen MR) is 72.4 cm³/mol. The zero-order chi connectivity index (χ0) is 15.3. The Bertz CT molecular complexity index is 523. The smallest absolute Gasteiger partial charge is 0.339 e. The highest BCUT2D eigenvalue weighted by Gasteiger charge is 2.53. The standard InChI is InChI=1S/C15H17NO5/c1-18-14(19-2)12-15(10-16,8-9-20-12)21-13(17)11-6-4-3-5-7-11/h3-7,12,14H,8-9H2,1-2H3/t12-,15+/m0/s1. The van der Waals surface area contributed by atoms with Crippen molar-refractivity contribution in [3.8, 4) is 6.07 Å². The Balaban J connectivity index is 2.21. The van der Waals surface area contributed by atoms with Crippen molar-refractivity contribution in [1.29, 1.82) is 5.26 Å². The fraction of sp³-hybridized carbons (Fsp3) is 0.467. The minimum atomic E-state index is -1.41. The number of carbonyl (C=O) groups is 1. The van der Waals surface area contributed by atoms with Crippen LogP contribution in [0.4, 0.5) is 0 Å². The van der Waals surface area contributed by atoms with Crippen molar-refractivity contribution >= 4 is 5.97 Å². The molecule has 1 heterocycles. The van der Waals surface area contributed by atoms with E-state index in [0.29, 0.717) is 12.2 Å². The van der Waals surface area contributed by atoms with E-state index in [9.17, 15) is 10.1 Å². The van der Waals surface area contributed by atoms with Crippen LogP contribution in [0.3, 0.4) is 0 Å². The van der Waals surface area contributed by atoms with Crippen molar-refractivity contribution in [3.63, 3.8) is 0 Å². The molecule has 0 aromatic heterocycles. The SMILES string of the molecule is COC(OC)[C@@H]1OCC[C@]1(C#N)OC(=O)c1ccccc1. The largest absolute Gasteiger partial charge is 0.437 e. The summed E-state index contributed by atoms with van der Waals surface area (Å²) in [6, 6.07) is 10.6. The summed E-state index contributed by atoms with van der Waals surface area (Å²) in [6.45, 7) is 0.295. The number of ether oxygens (including phenoxy) is 4. The monoisotopic (exact) mass is 291 g/mol. The molecule has 6 nitrogen and oxygen atoms in total. The first kappa shape index (κ1) is 15.4. The predicted octanol–water partition coefficient (Wildman–Crippen LogP) is 1.51. The Morgan fingerprint density at radius 3 is 2.62 bits per heavy atom. The van der Waals surface area contributed by atoms with Gasteiger partial charge in [0.15, 0.2) is 12.4 Å². The molecular formula is C15H17NO5. The van der Waals surface area contributed by atoms with E-state index < -0.39 is 24.0 Å². The highest BCUT2D eigenvalue weighted by Crippen LogP contribution is 2.33. The quantitative estimate of drug-likeness (QED) is 0.604. The minimum Gasteiger partial charge on any atom is -0.437 e. The third-order valence-corrected chi connectivity index (χ3v) is 3.42. The lowest BCUT2D eigenvalue weighted by Crippen LogP contribution is -2.49. The van der Waals surface area contributed by atoms with Crippen molar-refractivity contribution in [2.75, 3.05) is 20.8 Å². The van der Waals surface area contributed by atoms with Gasteiger partial charge in [-0.25, -0.2) is 4.79 Å². The van der Waals surface area contributed by atoms with Gasteiger partial charge in [-0.15, -0.1) is 0 Å². The molecule has 0 radical (unpaired) electrons. The number of hydrogen-bond acceptors (Lipinski definition) is 6. The second kappa shape index (κ2) is 6.68. The molecule has 2 atom stereocenters. The van der Waals surface area contributed by atoms with Gasteiger partial charge in [0.05, 0.1) is 12.2 Å². The van der Waals surface area contributed by atoms with Crippen molar-refractivity contribution < 1.29 is 23.7 Å². The summed E-state index contributed by atoms with van der Waals surface area (Å²) < 4.78 is 21.2. The van der Waals surface area contributed by atoms with Crippen LogP contribution in [-0.4, -0.2) is 44.8 Å². The second-order valence-corrected chi connectivity index (χ2v) is 4.64. The van der Waals surface area contributed by atoms with E-state index in [0.717, 1.165) is 0 Å². The van der Waals surface area contributed by atoms with Crippen LogP contribution in [0.25, 0.3) is 0 Å². The molecule has 0 N–H and O–H groups in total. The molecule has 6 heteroatoms. The summed E-state index contributed by atoms with van der Waals surface area (Å²) in [4.78, 5) is 12.2. The maximum atomic E-state index is 12.2. The van der Waals surface area contributed by atoms with Gasteiger partial charge < -0.3 is 18.9 Å². The van der Waals surface area contributed by atoms with Crippen molar-refractivity contribution in [2.45, 2.75) is 24.4 Å². The molecule has 1 saturated heterocycles. The van der Waals surface area contributed by atoms with Crippen LogP contribution in [0.2, 0.25) is 0 Å². The average molecular weight is 291 g/mol. The van der Waals surface area contributed by atoms with Crippen LogP contribution >= 0.6 is 0 Å². The van der Waals surface area contributed by atoms with Gasteiger partial charge in [0.1, 0.15) is 6.07 Å². The van der Waals surface area contributed by atoms with Gasteiger partial charge in [-0.1, -0.05) is 18.2 Å². The van der Waals surface area contributed by atoms with Crippen molar-refractivity contribution in [1.82, 2.24) is 0 Å². The Labute approximate surface area is 123 Å². The highest BCUT2D eigenvalue weighted by molar-refractivity contribution is 5.89. The molecule has 112 valence electrons. The van der Waals surface area contributed by atoms with E-state index in [4.69, 9.17) is 18.9 Å². The van der Waals surface area contributed by atoms with E-state index in [-0.39, 0.29) is 6.42 Å². The van der Waals surface area contributed by atoms with Gasteiger partial charge in [0, 0.05) is 20.6 Å². The molecule has 21 heavy (non-hydrogen) atoms. The van der Waals surface area contributed by atoms with E-state index >= 15 is 0 Å². The number of benzene rings is 1. The molecule has 0 bridgehead atoms. The zero-order valence-corrected chi connectivity index (χ0v) is 11.9. The zero-order valence-electron chi connectivity index (χ0n) is 11.9. The number of nitrogens with zero attached hydrogens (tertiary/aromatic N) is 1. The van der Waals surface area contributed by atoms with E-state index in [2.05, 4.69) is 0 Å². The molecule has 1 aromatic carbocycles. The number of carbonyl (C=O) groups excluding carboxylic acids is 1. The molecule has 0 unspecified atom stereocenters. The van der Waals surface area contributed by atoms with Crippen LogP contribution in [0.15, 0.2) is 30.3 Å². The van der Waals surface area contributed by atoms with Crippen LogP contribution in [0, 0.1) is 11.3 Å². The minimum absolute atomic E-state index is 0.274. The molecule has 2 rings (SSSR count). The summed E-state index contributed by atoms with van der Waals surface area (Å²) in [5.41, 5.74) is -1.03. The second-order valence-electron chi connectivity index (χ2n) is 4.64. The Morgan fingerprint density at radius 1 is 1.38 bits per heavy atom. The van der Waals surface area contributed by atoms with E-state index in [1.54, 1.807) is 30.3 Å². The highest BCUT2D eigenvalue weighted by atomic mass is 16.7. The maximum Gasteiger partial charge on any atom is 0.339 e. The lowest BCUT2D eigenvalue weighted by Gasteiger charge is -2.30. The van der Waals surface area contributed by atoms with Crippen LogP contribution in [0.1, 0.15) is 16.8 Å². The van der Waals surface area contributed by atoms with Crippen LogP contribution in [0.5, 0.6) is 0 Å². The van der Waals surface area contributed by atoms with Gasteiger partial charge in [0.2, 0.25) is 5.60 Å². The summed E-state index contributed by atoms with van der Waals surface area (Å²) in [6.07, 6.45) is -1.29. The summed E-state index contributed by atoms with van der Waals surface area (Å²) in [5, 5.41) is 9.50. The molecule has 1 aromatic rings. The Kier molecular flexibility index (Phi) is 4.91. The molecule has 0 amide bonds. The number of rotatable bonds is 5. The number of esters is 1. The number of methoxy groups -OCH3 is 2. The van der Waals surface area contributed by atoms with Gasteiger partial charge in [0.25, 0.3) is 0 Å². The lowest BCUT2D eigenvalue weighted by molar-refractivity contribution is -0.196. The molecule has 0 spiro atoms. The normalized spacial score (nSPS) is 24.8. The third-order valence-electron chi connectivity index (χ3n) is 3.42. The Hall–Kier alpha value is -1.94. The summed E-state index contributed by atoms with van der Waals surface area (Å²) in [5.74, 6) is -0.571. The van der Waals surface area contributed by atoms with E-state index in [1.165, 1.54) is 14.2 Å². The molecular weight excluding hydrogens is 274 g/mol. The average Bonchev–Trinajstić information content (AvgIpc) is 2.93. The molecule has 1 aliphatic rings. The van der Waals surface area contributed by atoms with Gasteiger partial charge in [-0.05, 0) is 12.1 Å². The fourth-order valence-corrected chi connectivity index (χ4v) is 2.31. The lowest BCUT2D eigenvalue weighted by atomic mass is 9.96. The van der Waals surface area contributed by atoms with E-state index in [1.807, 2.05) is 6.07 Å².